The number of nitrogens with zero attached hydrogens (tertiary/aromatic N) is 5. The smallest absolute Gasteiger partial charge is 0.271 e. The number of rotatable bonds is 7. The summed E-state index contributed by atoms with van der Waals surface area (Å²) in [6, 6.07) is 1.94. The van der Waals surface area contributed by atoms with Gasteiger partial charge in [-0.25, -0.2) is 9.36 Å². The molecule has 0 fully saturated rings. The van der Waals surface area contributed by atoms with Crippen molar-refractivity contribution in [3.8, 4) is 5.95 Å². The van der Waals surface area contributed by atoms with E-state index in [1.807, 2.05) is 26.8 Å². The van der Waals surface area contributed by atoms with Crippen LogP contribution in [0.3, 0.4) is 0 Å². The van der Waals surface area contributed by atoms with Gasteiger partial charge in [-0.1, -0.05) is 23.4 Å². The second-order valence-electron chi connectivity index (χ2n) is 6.90. The average Bonchev–Trinajstić information content (AvgIpc) is 3.17. The summed E-state index contributed by atoms with van der Waals surface area (Å²) < 4.78 is 3.02. The first-order chi connectivity index (χ1) is 13.0. The molecule has 3 N–H and O–H groups in total. The van der Waals surface area contributed by atoms with Crippen molar-refractivity contribution < 1.29 is 4.79 Å². The van der Waals surface area contributed by atoms with Gasteiger partial charge in [0.15, 0.2) is 0 Å². The molecule has 1 amide bonds. The molecule has 0 aliphatic heterocycles. The Kier molecular flexibility index (Phi) is 6.20. The minimum atomic E-state index is -0.315. The molecule has 8 nitrogen and oxygen atoms in total. The quantitative estimate of drug-likeness (QED) is 0.428. The summed E-state index contributed by atoms with van der Waals surface area (Å²) in [6.45, 7) is 6.35. The fourth-order valence-electron chi connectivity index (χ4n) is 3.16. The van der Waals surface area contributed by atoms with Crippen LogP contribution in [0, 0.1) is 13.8 Å². The predicted molar refractivity (Wildman–Crippen MR) is 106 cm³/mol. The molecule has 0 aromatic carbocycles. The molecule has 2 heterocycles. The van der Waals surface area contributed by atoms with E-state index in [2.05, 4.69) is 26.7 Å². The van der Waals surface area contributed by atoms with Gasteiger partial charge in [0.2, 0.25) is 11.1 Å². The van der Waals surface area contributed by atoms with Crippen molar-refractivity contribution in [1.82, 2.24) is 30.0 Å². The number of aryl methyl sites for hydroxylation is 2. The molecule has 0 unspecified atom stereocenters. The lowest BCUT2D eigenvalue weighted by Gasteiger charge is -2.14. The number of aromatic nitrogens is 5. The number of thioether (sulfide) groups is 1. The highest BCUT2D eigenvalue weighted by Crippen LogP contribution is 2.23. The Labute approximate surface area is 163 Å². The first kappa shape index (κ1) is 19.5. The van der Waals surface area contributed by atoms with E-state index in [4.69, 9.17) is 5.84 Å². The summed E-state index contributed by atoms with van der Waals surface area (Å²) >= 11 is 1.29. The minimum Gasteiger partial charge on any atom is -0.355 e. The van der Waals surface area contributed by atoms with E-state index in [-0.39, 0.29) is 11.2 Å². The summed E-state index contributed by atoms with van der Waals surface area (Å²) in [4.78, 5) is 12.4. The van der Waals surface area contributed by atoms with Crippen LogP contribution in [0.1, 0.15) is 50.4 Å². The normalized spacial score (nSPS) is 15.4. The van der Waals surface area contributed by atoms with Crippen molar-refractivity contribution in [1.29, 1.82) is 0 Å². The highest BCUT2D eigenvalue weighted by Gasteiger charge is 2.20. The average molecular weight is 390 g/mol. The van der Waals surface area contributed by atoms with E-state index in [0.29, 0.717) is 17.6 Å². The zero-order valence-corrected chi connectivity index (χ0v) is 16.9. The number of carbonyl (C=O) groups is 1. The third-order valence-electron chi connectivity index (χ3n) is 4.63. The SMILES string of the molecule is Cc1cc(C)n(-c2nnc(S[C@@H](C)C(=O)NCCC3=CCCCC3)n2N)n1. The number of allylic oxidation sites excluding steroid dienone is 1. The molecule has 1 atom stereocenters. The monoisotopic (exact) mass is 389 g/mol. The van der Waals surface area contributed by atoms with Crippen LogP contribution in [-0.2, 0) is 4.79 Å². The van der Waals surface area contributed by atoms with Crippen LogP contribution in [0.15, 0.2) is 22.9 Å². The molecule has 9 heteroatoms. The van der Waals surface area contributed by atoms with Crippen molar-refractivity contribution in [2.75, 3.05) is 12.4 Å². The molecular formula is C18H27N7OS. The van der Waals surface area contributed by atoms with Crippen LogP contribution in [0.2, 0.25) is 0 Å². The van der Waals surface area contributed by atoms with Crippen molar-refractivity contribution in [2.45, 2.75) is 63.3 Å². The minimum absolute atomic E-state index is 0.0212. The first-order valence-corrected chi connectivity index (χ1v) is 10.2. The summed E-state index contributed by atoms with van der Waals surface area (Å²) in [7, 11) is 0. The van der Waals surface area contributed by atoms with Gasteiger partial charge in [-0.2, -0.15) is 5.10 Å². The van der Waals surface area contributed by atoms with E-state index in [1.165, 1.54) is 41.3 Å². The highest BCUT2D eigenvalue weighted by molar-refractivity contribution is 8.00. The molecule has 2 aromatic heterocycles. The van der Waals surface area contributed by atoms with E-state index < -0.39 is 0 Å². The van der Waals surface area contributed by atoms with E-state index in [0.717, 1.165) is 24.2 Å². The van der Waals surface area contributed by atoms with Gasteiger partial charge >= 0.3 is 0 Å². The molecule has 0 saturated carbocycles. The van der Waals surface area contributed by atoms with E-state index in [9.17, 15) is 4.79 Å². The molecule has 2 aromatic rings. The molecule has 27 heavy (non-hydrogen) atoms. The van der Waals surface area contributed by atoms with Crippen LogP contribution in [0.4, 0.5) is 0 Å². The topological polar surface area (TPSA) is 104 Å². The number of nitrogens with two attached hydrogens (primary N) is 1. The van der Waals surface area contributed by atoms with Gasteiger partial charge in [-0.3, -0.25) is 4.79 Å². The molecule has 0 saturated heterocycles. The van der Waals surface area contributed by atoms with Crippen molar-refractivity contribution in [3.63, 3.8) is 0 Å². The maximum absolute atomic E-state index is 12.4. The fraction of sp³-hybridized carbons (Fsp3) is 0.556. The fourth-order valence-corrected chi connectivity index (χ4v) is 3.95. The molecule has 0 bridgehead atoms. The van der Waals surface area contributed by atoms with Gasteiger partial charge in [0.1, 0.15) is 0 Å². The second kappa shape index (κ2) is 8.60. The highest BCUT2D eigenvalue weighted by atomic mass is 32.2. The molecule has 3 rings (SSSR count). The maximum Gasteiger partial charge on any atom is 0.271 e. The number of hydrogen-bond donors (Lipinski definition) is 2. The van der Waals surface area contributed by atoms with Crippen molar-refractivity contribution in [2.24, 2.45) is 0 Å². The van der Waals surface area contributed by atoms with Crippen molar-refractivity contribution in [3.05, 3.63) is 29.1 Å². The van der Waals surface area contributed by atoms with Crippen LogP contribution >= 0.6 is 11.8 Å². The number of nitrogen functional groups attached to an aromatic ring is 1. The molecule has 1 aliphatic carbocycles. The summed E-state index contributed by atoms with van der Waals surface area (Å²) in [5.41, 5.74) is 3.26. The Balaban J connectivity index is 1.56. The van der Waals surface area contributed by atoms with Crippen LogP contribution in [-0.4, -0.2) is 42.4 Å². The van der Waals surface area contributed by atoms with Gasteiger partial charge in [-0.15, -0.1) is 10.2 Å². The molecular weight excluding hydrogens is 362 g/mol. The number of carbonyl (C=O) groups excluding carboxylic acids is 1. The van der Waals surface area contributed by atoms with Gasteiger partial charge in [0.05, 0.1) is 10.9 Å². The first-order valence-electron chi connectivity index (χ1n) is 9.32. The maximum atomic E-state index is 12.4. The largest absolute Gasteiger partial charge is 0.355 e. The molecule has 0 radical (unpaired) electrons. The third-order valence-corrected chi connectivity index (χ3v) is 5.68. The Bertz CT molecular complexity index is 839. The lowest BCUT2D eigenvalue weighted by atomic mass is 9.97. The summed E-state index contributed by atoms with van der Waals surface area (Å²) in [5.74, 6) is 6.54. The lowest BCUT2D eigenvalue weighted by molar-refractivity contribution is -0.120. The van der Waals surface area contributed by atoms with Crippen molar-refractivity contribution >= 4 is 17.7 Å². The van der Waals surface area contributed by atoms with Gasteiger partial charge in [0.25, 0.3) is 5.95 Å². The zero-order chi connectivity index (χ0) is 19.4. The number of hydrogen-bond acceptors (Lipinski definition) is 6. The molecule has 146 valence electrons. The van der Waals surface area contributed by atoms with Gasteiger partial charge < -0.3 is 11.2 Å². The van der Waals surface area contributed by atoms with E-state index >= 15 is 0 Å². The molecule has 0 spiro atoms. The van der Waals surface area contributed by atoms with Gasteiger partial charge in [0, 0.05) is 12.2 Å². The summed E-state index contributed by atoms with van der Waals surface area (Å²) in [6.07, 6.45) is 8.10. The molecule has 1 aliphatic rings. The lowest BCUT2D eigenvalue weighted by Crippen LogP contribution is -2.32. The predicted octanol–water partition coefficient (Wildman–Crippen LogP) is 2.28. The Morgan fingerprint density at radius 3 is 2.85 bits per heavy atom. The van der Waals surface area contributed by atoms with Crippen LogP contribution in [0.5, 0.6) is 0 Å². The van der Waals surface area contributed by atoms with E-state index in [1.54, 1.807) is 4.68 Å². The summed E-state index contributed by atoms with van der Waals surface area (Å²) in [5, 5.41) is 15.8. The Morgan fingerprint density at radius 1 is 1.37 bits per heavy atom. The van der Waals surface area contributed by atoms with Crippen LogP contribution < -0.4 is 11.2 Å². The third kappa shape index (κ3) is 4.71. The zero-order valence-electron chi connectivity index (χ0n) is 16.1. The Morgan fingerprint density at radius 2 is 2.19 bits per heavy atom. The second-order valence-corrected chi connectivity index (χ2v) is 8.21. The standard InChI is InChI=1S/C18H27N7OS/c1-12-11-13(2)25(23-12)17-21-22-18(24(17)19)27-14(3)16(26)20-10-9-15-7-5-4-6-8-15/h7,11,14H,4-6,8-10,19H2,1-3H3,(H,20,26)/t14-/m0/s1. The number of amides is 1. The Hall–Kier alpha value is -2.29. The number of nitrogens with one attached hydrogen (secondary N) is 1. The van der Waals surface area contributed by atoms with Gasteiger partial charge in [-0.05, 0) is 58.9 Å². The van der Waals surface area contributed by atoms with Crippen LogP contribution in [0.25, 0.3) is 5.95 Å².